The zero-order chi connectivity index (χ0) is 7.98. The third-order valence-corrected chi connectivity index (χ3v) is 0.626. The number of rotatable bonds is 1. The van der Waals surface area contributed by atoms with Crippen LogP contribution in [0.4, 0.5) is 0 Å². The molecule has 0 rings (SSSR count). The highest BCUT2D eigenvalue weighted by molar-refractivity contribution is 5.87. The number of nitriles is 1. The van der Waals surface area contributed by atoms with Gasteiger partial charge in [-0.3, -0.25) is 4.79 Å². The summed E-state index contributed by atoms with van der Waals surface area (Å²) >= 11 is 0. The van der Waals surface area contributed by atoms with Crippen molar-refractivity contribution in [2.45, 2.75) is 13.3 Å². The molecule has 0 atom stereocenters. The van der Waals surface area contributed by atoms with Gasteiger partial charge in [0.25, 0.3) is 0 Å². The minimum atomic E-state index is -0.724. The van der Waals surface area contributed by atoms with Gasteiger partial charge in [0.1, 0.15) is 6.42 Å². The van der Waals surface area contributed by atoms with Crippen LogP contribution in [0.1, 0.15) is 13.3 Å². The molecule has 0 saturated heterocycles. The number of hydrogen-bond donors (Lipinski definition) is 1. The SMILES string of the molecule is C/C(=N\O)OC(=O)CC#N. The lowest BCUT2D eigenvalue weighted by Gasteiger charge is -1.95. The van der Waals surface area contributed by atoms with E-state index in [1.165, 1.54) is 6.92 Å². The van der Waals surface area contributed by atoms with Crippen LogP contribution >= 0.6 is 0 Å². The number of ether oxygens (including phenoxy) is 1. The first-order valence-electron chi connectivity index (χ1n) is 2.47. The average Bonchev–Trinajstić information content (AvgIpc) is 1.88. The normalized spacial score (nSPS) is 10.2. The van der Waals surface area contributed by atoms with Crippen molar-refractivity contribution < 1.29 is 14.7 Å². The average molecular weight is 142 g/mol. The molecule has 0 unspecified atom stereocenters. The van der Waals surface area contributed by atoms with Gasteiger partial charge in [-0.05, 0) is 0 Å². The predicted molar refractivity (Wildman–Crippen MR) is 31.2 cm³/mol. The third kappa shape index (κ3) is 3.43. The minimum Gasteiger partial charge on any atom is -0.408 e. The van der Waals surface area contributed by atoms with E-state index in [4.69, 9.17) is 10.5 Å². The predicted octanol–water partition coefficient (Wildman–Crippen LogP) is 0.251. The van der Waals surface area contributed by atoms with Crippen LogP contribution in [-0.4, -0.2) is 17.1 Å². The molecule has 0 aromatic heterocycles. The van der Waals surface area contributed by atoms with Gasteiger partial charge in [0.2, 0.25) is 5.90 Å². The second-order valence-corrected chi connectivity index (χ2v) is 1.43. The highest BCUT2D eigenvalue weighted by Crippen LogP contribution is 1.85. The van der Waals surface area contributed by atoms with Gasteiger partial charge in [-0.15, -0.1) is 0 Å². The van der Waals surface area contributed by atoms with Crippen LogP contribution in [0.25, 0.3) is 0 Å². The summed E-state index contributed by atoms with van der Waals surface area (Å²) < 4.78 is 4.28. The summed E-state index contributed by atoms with van der Waals surface area (Å²) in [6, 6.07) is 1.59. The lowest BCUT2D eigenvalue weighted by atomic mass is 10.5. The number of esters is 1. The Morgan fingerprint density at radius 1 is 1.90 bits per heavy atom. The molecular formula is C5H6N2O3. The molecule has 10 heavy (non-hydrogen) atoms. The van der Waals surface area contributed by atoms with Gasteiger partial charge >= 0.3 is 5.97 Å². The molecule has 0 aromatic carbocycles. The third-order valence-electron chi connectivity index (χ3n) is 0.626. The van der Waals surface area contributed by atoms with Crippen molar-refractivity contribution in [2.24, 2.45) is 5.16 Å². The van der Waals surface area contributed by atoms with Crippen LogP contribution in [0.3, 0.4) is 0 Å². The molecular weight excluding hydrogens is 136 g/mol. The fourth-order valence-electron chi connectivity index (χ4n) is 0.286. The monoisotopic (exact) mass is 142 g/mol. The molecule has 0 aromatic rings. The maximum atomic E-state index is 10.4. The Kier molecular flexibility index (Phi) is 3.64. The van der Waals surface area contributed by atoms with Crippen LogP contribution in [0.2, 0.25) is 0 Å². The smallest absolute Gasteiger partial charge is 0.326 e. The van der Waals surface area contributed by atoms with Crippen molar-refractivity contribution in [2.75, 3.05) is 0 Å². The highest BCUT2D eigenvalue weighted by Gasteiger charge is 2.02. The van der Waals surface area contributed by atoms with Gasteiger partial charge in [0, 0.05) is 6.92 Å². The molecule has 0 amide bonds. The largest absolute Gasteiger partial charge is 0.408 e. The topological polar surface area (TPSA) is 82.7 Å². The highest BCUT2D eigenvalue weighted by atomic mass is 16.6. The maximum Gasteiger partial charge on any atom is 0.326 e. The zero-order valence-electron chi connectivity index (χ0n) is 5.37. The Morgan fingerprint density at radius 3 is 2.90 bits per heavy atom. The Labute approximate surface area is 57.5 Å². The van der Waals surface area contributed by atoms with Crippen molar-refractivity contribution >= 4 is 11.9 Å². The van der Waals surface area contributed by atoms with Crippen molar-refractivity contribution in [3.63, 3.8) is 0 Å². The van der Waals surface area contributed by atoms with Gasteiger partial charge in [-0.2, -0.15) is 5.26 Å². The van der Waals surface area contributed by atoms with E-state index in [1.807, 2.05) is 0 Å². The van der Waals surface area contributed by atoms with E-state index in [0.717, 1.165) is 0 Å². The Balaban J connectivity index is 3.71. The Hall–Kier alpha value is -1.57. The second-order valence-electron chi connectivity index (χ2n) is 1.43. The standard InChI is InChI=1S/C5H6N2O3/c1-4(7-9)10-5(8)2-3-6/h9H,2H2,1H3/b7-4+. The van der Waals surface area contributed by atoms with E-state index in [-0.39, 0.29) is 12.3 Å². The Bertz CT molecular complexity index is 192. The summed E-state index contributed by atoms with van der Waals surface area (Å²) in [6.07, 6.45) is -0.340. The van der Waals surface area contributed by atoms with Gasteiger partial charge in [0.15, 0.2) is 0 Å². The summed E-state index contributed by atoms with van der Waals surface area (Å²) in [4.78, 5) is 10.4. The van der Waals surface area contributed by atoms with E-state index < -0.39 is 5.97 Å². The first-order chi connectivity index (χ1) is 4.70. The quantitative estimate of drug-likeness (QED) is 0.187. The first-order valence-corrected chi connectivity index (χ1v) is 2.47. The van der Waals surface area contributed by atoms with Crippen LogP contribution in [0.5, 0.6) is 0 Å². The first kappa shape index (κ1) is 8.43. The van der Waals surface area contributed by atoms with Crippen LogP contribution in [0, 0.1) is 11.3 Å². The lowest BCUT2D eigenvalue weighted by Crippen LogP contribution is -2.07. The van der Waals surface area contributed by atoms with Gasteiger partial charge in [-0.25, -0.2) is 0 Å². The van der Waals surface area contributed by atoms with Crippen LogP contribution in [0.15, 0.2) is 5.16 Å². The summed E-state index contributed by atoms with van der Waals surface area (Å²) in [5.74, 6) is -0.891. The number of carbonyl (C=O) groups is 1. The molecule has 0 aliphatic heterocycles. The number of hydrogen-bond acceptors (Lipinski definition) is 5. The molecule has 0 saturated carbocycles. The zero-order valence-corrected chi connectivity index (χ0v) is 5.37. The van der Waals surface area contributed by atoms with E-state index in [9.17, 15) is 4.79 Å². The summed E-state index contributed by atoms with van der Waals surface area (Å²) in [5, 5.41) is 18.5. The molecule has 0 radical (unpaired) electrons. The Morgan fingerprint density at radius 2 is 2.50 bits per heavy atom. The maximum absolute atomic E-state index is 10.4. The number of carbonyl (C=O) groups excluding carboxylic acids is 1. The van der Waals surface area contributed by atoms with E-state index in [0.29, 0.717) is 0 Å². The van der Waals surface area contributed by atoms with E-state index in [1.54, 1.807) is 6.07 Å². The van der Waals surface area contributed by atoms with Crippen LogP contribution in [-0.2, 0) is 9.53 Å². The van der Waals surface area contributed by atoms with Crippen molar-refractivity contribution in [1.29, 1.82) is 5.26 Å². The molecule has 0 bridgehead atoms. The molecule has 0 heterocycles. The molecule has 1 N–H and O–H groups in total. The molecule has 0 aliphatic rings. The van der Waals surface area contributed by atoms with E-state index in [2.05, 4.69) is 9.89 Å². The molecule has 5 heteroatoms. The fourth-order valence-corrected chi connectivity index (χ4v) is 0.286. The van der Waals surface area contributed by atoms with Gasteiger partial charge < -0.3 is 9.94 Å². The van der Waals surface area contributed by atoms with E-state index >= 15 is 0 Å². The van der Waals surface area contributed by atoms with Crippen molar-refractivity contribution in [3.8, 4) is 6.07 Å². The van der Waals surface area contributed by atoms with Gasteiger partial charge in [0.05, 0.1) is 6.07 Å². The number of nitrogens with zero attached hydrogens (tertiary/aromatic N) is 2. The lowest BCUT2D eigenvalue weighted by molar-refractivity contribution is -0.134. The molecule has 0 spiro atoms. The van der Waals surface area contributed by atoms with Crippen LogP contribution < -0.4 is 0 Å². The molecule has 5 nitrogen and oxygen atoms in total. The minimum absolute atomic E-state index is 0.166. The van der Waals surface area contributed by atoms with Gasteiger partial charge in [-0.1, -0.05) is 5.16 Å². The van der Waals surface area contributed by atoms with Crippen molar-refractivity contribution in [1.82, 2.24) is 0 Å². The number of oxime groups is 1. The molecule has 0 fully saturated rings. The fraction of sp³-hybridized carbons (Fsp3) is 0.400. The molecule has 0 aliphatic carbocycles. The summed E-state index contributed by atoms with van der Waals surface area (Å²) in [5.41, 5.74) is 0. The summed E-state index contributed by atoms with van der Waals surface area (Å²) in [6.45, 7) is 1.30. The molecule has 54 valence electrons. The second kappa shape index (κ2) is 4.32. The van der Waals surface area contributed by atoms with Crippen molar-refractivity contribution in [3.05, 3.63) is 0 Å². The summed E-state index contributed by atoms with van der Waals surface area (Å²) in [7, 11) is 0.